The highest BCUT2D eigenvalue weighted by Gasteiger charge is 2.19. The van der Waals surface area contributed by atoms with Crippen molar-refractivity contribution in [1.82, 2.24) is 10.3 Å². The number of oxazole rings is 1. The Balaban J connectivity index is 1.88. The van der Waals surface area contributed by atoms with Crippen LogP contribution in [-0.4, -0.2) is 28.0 Å². The van der Waals surface area contributed by atoms with Crippen molar-refractivity contribution in [2.24, 2.45) is 0 Å². The van der Waals surface area contributed by atoms with Crippen LogP contribution in [0.1, 0.15) is 30.7 Å². The first-order valence-electron chi connectivity index (χ1n) is 8.14. The van der Waals surface area contributed by atoms with Crippen LogP contribution in [0.5, 0.6) is 0 Å². The SMILES string of the molecule is C=CCCC(NC(=O)CCc1ncc(-c2ccc(C)cc2)o1)C(=O)O. The van der Waals surface area contributed by atoms with Crippen molar-refractivity contribution in [2.75, 3.05) is 0 Å². The van der Waals surface area contributed by atoms with E-state index in [0.717, 1.165) is 11.1 Å². The number of carboxylic acids is 1. The topological polar surface area (TPSA) is 92.4 Å². The number of aryl methyl sites for hydroxylation is 2. The van der Waals surface area contributed by atoms with E-state index in [1.807, 2.05) is 31.2 Å². The number of nitrogens with zero attached hydrogens (tertiary/aromatic N) is 1. The third kappa shape index (κ3) is 5.60. The predicted octanol–water partition coefficient (Wildman–Crippen LogP) is 3.12. The van der Waals surface area contributed by atoms with E-state index in [-0.39, 0.29) is 12.3 Å². The molecule has 2 aromatic rings. The lowest BCUT2D eigenvalue weighted by molar-refractivity contribution is -0.142. The smallest absolute Gasteiger partial charge is 0.326 e. The Morgan fingerprint density at radius 3 is 2.72 bits per heavy atom. The molecule has 2 N–H and O–H groups in total. The number of allylic oxidation sites excluding steroid dienone is 1. The van der Waals surface area contributed by atoms with E-state index in [2.05, 4.69) is 16.9 Å². The van der Waals surface area contributed by atoms with E-state index in [1.54, 1.807) is 12.3 Å². The molecular weight excluding hydrogens is 320 g/mol. The van der Waals surface area contributed by atoms with Gasteiger partial charge in [0.15, 0.2) is 11.7 Å². The Bertz CT molecular complexity index is 734. The molecule has 25 heavy (non-hydrogen) atoms. The van der Waals surface area contributed by atoms with Gasteiger partial charge in [0.05, 0.1) is 6.20 Å². The summed E-state index contributed by atoms with van der Waals surface area (Å²) in [5.74, 6) is -0.298. The normalized spacial score (nSPS) is 11.7. The van der Waals surface area contributed by atoms with E-state index >= 15 is 0 Å². The molecule has 2 rings (SSSR count). The van der Waals surface area contributed by atoms with Crippen LogP contribution in [0.25, 0.3) is 11.3 Å². The van der Waals surface area contributed by atoms with Gasteiger partial charge in [-0.3, -0.25) is 4.79 Å². The maximum absolute atomic E-state index is 11.9. The third-order valence-corrected chi connectivity index (χ3v) is 3.75. The van der Waals surface area contributed by atoms with Crippen molar-refractivity contribution in [3.63, 3.8) is 0 Å². The lowest BCUT2D eigenvalue weighted by Crippen LogP contribution is -2.40. The highest BCUT2D eigenvalue weighted by molar-refractivity contribution is 5.83. The van der Waals surface area contributed by atoms with Gasteiger partial charge in [-0.2, -0.15) is 0 Å². The highest BCUT2D eigenvalue weighted by atomic mass is 16.4. The van der Waals surface area contributed by atoms with Crippen molar-refractivity contribution in [2.45, 2.75) is 38.6 Å². The monoisotopic (exact) mass is 342 g/mol. The van der Waals surface area contributed by atoms with Gasteiger partial charge in [-0.05, 0) is 19.8 Å². The second-order valence-corrected chi connectivity index (χ2v) is 5.81. The molecule has 0 radical (unpaired) electrons. The van der Waals surface area contributed by atoms with Crippen molar-refractivity contribution in [3.05, 3.63) is 54.6 Å². The minimum Gasteiger partial charge on any atom is -0.480 e. The number of carboxylic acid groups (broad SMARTS) is 1. The highest BCUT2D eigenvalue weighted by Crippen LogP contribution is 2.21. The molecule has 0 aliphatic heterocycles. The van der Waals surface area contributed by atoms with Crippen LogP contribution < -0.4 is 5.32 Å². The first-order valence-corrected chi connectivity index (χ1v) is 8.14. The summed E-state index contributed by atoms with van der Waals surface area (Å²) in [6, 6.07) is 6.96. The molecule has 1 unspecified atom stereocenters. The van der Waals surface area contributed by atoms with Gasteiger partial charge >= 0.3 is 5.97 Å². The van der Waals surface area contributed by atoms with Crippen LogP contribution >= 0.6 is 0 Å². The van der Waals surface area contributed by atoms with Crippen molar-refractivity contribution >= 4 is 11.9 Å². The molecule has 1 aromatic carbocycles. The third-order valence-electron chi connectivity index (χ3n) is 3.75. The minimum atomic E-state index is -1.05. The zero-order chi connectivity index (χ0) is 18.2. The number of benzene rings is 1. The molecule has 0 aliphatic carbocycles. The molecule has 1 heterocycles. The number of aliphatic carboxylic acids is 1. The van der Waals surface area contributed by atoms with Gasteiger partial charge in [-0.25, -0.2) is 9.78 Å². The van der Waals surface area contributed by atoms with Crippen LogP contribution in [0.4, 0.5) is 0 Å². The quantitative estimate of drug-likeness (QED) is 0.683. The van der Waals surface area contributed by atoms with E-state index in [0.29, 0.717) is 30.9 Å². The molecule has 0 aliphatic rings. The van der Waals surface area contributed by atoms with Crippen LogP contribution in [0.15, 0.2) is 47.5 Å². The summed E-state index contributed by atoms with van der Waals surface area (Å²) in [5, 5.41) is 11.6. The van der Waals surface area contributed by atoms with Crippen molar-refractivity contribution in [1.29, 1.82) is 0 Å². The van der Waals surface area contributed by atoms with Gasteiger partial charge in [0.2, 0.25) is 5.91 Å². The summed E-state index contributed by atoms with van der Waals surface area (Å²) in [7, 11) is 0. The fraction of sp³-hybridized carbons (Fsp3) is 0.316. The maximum Gasteiger partial charge on any atom is 0.326 e. The molecule has 1 amide bonds. The van der Waals surface area contributed by atoms with E-state index in [9.17, 15) is 9.59 Å². The Labute approximate surface area is 146 Å². The Kier molecular flexibility index (Phi) is 6.51. The molecule has 1 atom stereocenters. The van der Waals surface area contributed by atoms with Gasteiger partial charge in [0, 0.05) is 18.4 Å². The molecule has 6 nitrogen and oxygen atoms in total. The summed E-state index contributed by atoms with van der Waals surface area (Å²) in [6.45, 7) is 5.56. The fourth-order valence-electron chi connectivity index (χ4n) is 2.31. The number of amides is 1. The van der Waals surface area contributed by atoms with Gasteiger partial charge in [0.25, 0.3) is 0 Å². The first kappa shape index (κ1) is 18.4. The summed E-state index contributed by atoms with van der Waals surface area (Å²) < 4.78 is 5.66. The van der Waals surface area contributed by atoms with E-state index in [1.165, 1.54) is 0 Å². The molecule has 132 valence electrons. The second-order valence-electron chi connectivity index (χ2n) is 5.81. The van der Waals surface area contributed by atoms with Crippen LogP contribution in [0.2, 0.25) is 0 Å². The molecule has 0 saturated carbocycles. The fourth-order valence-corrected chi connectivity index (χ4v) is 2.31. The Morgan fingerprint density at radius 1 is 1.36 bits per heavy atom. The summed E-state index contributed by atoms with van der Waals surface area (Å²) in [5.41, 5.74) is 2.08. The van der Waals surface area contributed by atoms with Crippen LogP contribution in [-0.2, 0) is 16.0 Å². The van der Waals surface area contributed by atoms with Crippen LogP contribution in [0, 0.1) is 6.92 Å². The Morgan fingerprint density at radius 2 is 2.08 bits per heavy atom. The largest absolute Gasteiger partial charge is 0.480 e. The van der Waals surface area contributed by atoms with Crippen LogP contribution in [0.3, 0.4) is 0 Å². The predicted molar refractivity (Wildman–Crippen MR) is 94.0 cm³/mol. The van der Waals surface area contributed by atoms with Gasteiger partial charge in [0.1, 0.15) is 6.04 Å². The molecule has 0 fully saturated rings. The zero-order valence-corrected chi connectivity index (χ0v) is 14.2. The van der Waals surface area contributed by atoms with Gasteiger partial charge < -0.3 is 14.8 Å². The summed E-state index contributed by atoms with van der Waals surface area (Å²) >= 11 is 0. The number of nitrogens with one attached hydrogen (secondary N) is 1. The second kappa shape index (κ2) is 8.82. The van der Waals surface area contributed by atoms with E-state index in [4.69, 9.17) is 9.52 Å². The minimum absolute atomic E-state index is 0.117. The number of rotatable bonds is 9. The number of carbonyl (C=O) groups is 2. The lowest BCUT2D eigenvalue weighted by atomic mass is 10.1. The molecule has 0 bridgehead atoms. The van der Waals surface area contributed by atoms with Gasteiger partial charge in [-0.15, -0.1) is 6.58 Å². The molecule has 0 spiro atoms. The number of hydrogen-bond donors (Lipinski definition) is 2. The zero-order valence-electron chi connectivity index (χ0n) is 14.2. The molecular formula is C19H22N2O4. The number of aromatic nitrogens is 1. The summed E-state index contributed by atoms with van der Waals surface area (Å²) in [6.07, 6.45) is 4.53. The Hall–Kier alpha value is -2.89. The average Bonchev–Trinajstić information content (AvgIpc) is 3.06. The molecule has 1 aromatic heterocycles. The number of carbonyl (C=O) groups excluding carboxylic acids is 1. The van der Waals surface area contributed by atoms with Gasteiger partial charge in [-0.1, -0.05) is 35.9 Å². The standard InChI is InChI=1S/C19H22N2O4/c1-3-4-5-15(19(23)24)21-17(22)10-11-18-20-12-16(25-18)14-8-6-13(2)7-9-14/h3,6-9,12,15H,1,4-5,10-11H2,2H3,(H,21,22)(H,23,24). The summed E-state index contributed by atoms with van der Waals surface area (Å²) in [4.78, 5) is 27.2. The molecule has 6 heteroatoms. The first-order chi connectivity index (χ1) is 12.0. The van der Waals surface area contributed by atoms with Crippen molar-refractivity contribution in [3.8, 4) is 11.3 Å². The van der Waals surface area contributed by atoms with E-state index < -0.39 is 12.0 Å². The average molecular weight is 342 g/mol. The molecule has 0 saturated heterocycles. The van der Waals surface area contributed by atoms with Crippen molar-refractivity contribution < 1.29 is 19.1 Å². The number of hydrogen-bond acceptors (Lipinski definition) is 4. The maximum atomic E-state index is 11.9. The lowest BCUT2D eigenvalue weighted by Gasteiger charge is -2.13.